The highest BCUT2D eigenvalue weighted by Gasteiger charge is 2.29. The Bertz CT molecular complexity index is 462. The van der Waals surface area contributed by atoms with Gasteiger partial charge in [0.15, 0.2) is 17.5 Å². The minimum absolute atomic E-state index is 0.135. The summed E-state index contributed by atoms with van der Waals surface area (Å²) in [6.07, 6.45) is 0. The van der Waals surface area contributed by atoms with Gasteiger partial charge in [0.2, 0.25) is 0 Å². The number of rotatable bonds is 3. The fraction of sp³-hybridized carbons (Fsp3) is 0.200. The molecule has 92 valence electrons. The number of halogens is 4. The van der Waals surface area contributed by atoms with Crippen molar-refractivity contribution in [3.8, 4) is 0 Å². The van der Waals surface area contributed by atoms with E-state index in [1.807, 2.05) is 0 Å². The summed E-state index contributed by atoms with van der Waals surface area (Å²) in [6, 6.07) is 0.520. The van der Waals surface area contributed by atoms with Crippen LogP contribution in [-0.4, -0.2) is 18.4 Å². The van der Waals surface area contributed by atoms with Crippen molar-refractivity contribution in [3.63, 3.8) is 0 Å². The molecule has 0 aliphatic rings. The van der Waals surface area contributed by atoms with Gasteiger partial charge >= 0.3 is 5.97 Å². The van der Waals surface area contributed by atoms with Gasteiger partial charge in [0, 0.05) is 0 Å². The first-order valence-electron chi connectivity index (χ1n) is 4.44. The van der Waals surface area contributed by atoms with E-state index < -0.39 is 39.2 Å². The van der Waals surface area contributed by atoms with Crippen LogP contribution in [0.2, 0.25) is 0 Å². The van der Waals surface area contributed by atoms with Crippen LogP contribution < -0.4 is 0 Å². The van der Waals surface area contributed by atoms with Crippen LogP contribution in [0, 0.1) is 17.5 Å². The molecular formula is C10H6BrF3O3. The largest absolute Gasteiger partial charge is 0.460 e. The fourth-order valence-electron chi connectivity index (χ4n) is 1.07. The summed E-state index contributed by atoms with van der Waals surface area (Å²) in [4.78, 5) is 22.4. The first-order chi connectivity index (χ1) is 7.90. The van der Waals surface area contributed by atoms with E-state index in [9.17, 15) is 22.8 Å². The lowest BCUT2D eigenvalue weighted by Gasteiger charge is -2.06. The normalized spacial score (nSPS) is 10.2. The Morgan fingerprint density at radius 3 is 2.41 bits per heavy atom. The number of benzene rings is 1. The second-order valence-corrected chi connectivity index (χ2v) is 3.75. The first-order valence-corrected chi connectivity index (χ1v) is 5.23. The highest BCUT2D eigenvalue weighted by Crippen LogP contribution is 2.24. The van der Waals surface area contributed by atoms with Gasteiger partial charge in [0.25, 0.3) is 5.78 Å². The molecule has 0 fully saturated rings. The molecular weight excluding hydrogens is 305 g/mol. The van der Waals surface area contributed by atoms with Crippen LogP contribution in [0.3, 0.4) is 0 Å². The minimum Gasteiger partial charge on any atom is -0.460 e. The van der Waals surface area contributed by atoms with Gasteiger partial charge < -0.3 is 4.74 Å². The molecule has 0 aliphatic carbocycles. The fourth-order valence-corrected chi connectivity index (χ4v) is 1.47. The van der Waals surface area contributed by atoms with Crippen molar-refractivity contribution >= 4 is 27.7 Å². The maximum absolute atomic E-state index is 13.4. The summed E-state index contributed by atoms with van der Waals surface area (Å²) in [7, 11) is 0. The van der Waals surface area contributed by atoms with E-state index in [1.54, 1.807) is 0 Å². The average molecular weight is 311 g/mol. The molecule has 0 unspecified atom stereocenters. The van der Waals surface area contributed by atoms with E-state index in [0.29, 0.717) is 6.07 Å². The number of ether oxygens (including phenoxy) is 1. The molecule has 0 aromatic heterocycles. The molecule has 1 aromatic rings. The number of carbonyl (C=O) groups is 2. The average Bonchev–Trinajstić information content (AvgIpc) is 2.27. The lowest BCUT2D eigenvalue weighted by atomic mass is 10.1. The van der Waals surface area contributed by atoms with Gasteiger partial charge in [-0.05, 0) is 28.9 Å². The predicted octanol–water partition coefficient (Wildman–Crippen LogP) is 2.61. The highest BCUT2D eigenvalue weighted by atomic mass is 79.9. The monoisotopic (exact) mass is 310 g/mol. The summed E-state index contributed by atoms with van der Waals surface area (Å²) in [6.45, 7) is 1.28. The Balaban J connectivity index is 3.31. The van der Waals surface area contributed by atoms with Gasteiger partial charge in [-0.3, -0.25) is 4.79 Å². The van der Waals surface area contributed by atoms with E-state index >= 15 is 0 Å². The summed E-state index contributed by atoms with van der Waals surface area (Å²) in [5, 5.41) is 0. The third-order valence-electron chi connectivity index (χ3n) is 1.80. The van der Waals surface area contributed by atoms with Crippen molar-refractivity contribution in [2.75, 3.05) is 6.61 Å². The zero-order valence-electron chi connectivity index (χ0n) is 8.52. The Hall–Kier alpha value is -1.37. The molecule has 0 saturated carbocycles. The zero-order valence-corrected chi connectivity index (χ0v) is 10.1. The molecule has 0 heterocycles. The van der Waals surface area contributed by atoms with Crippen LogP contribution in [0.4, 0.5) is 13.2 Å². The minimum atomic E-state index is -1.72. The number of esters is 1. The quantitative estimate of drug-likeness (QED) is 0.373. The Morgan fingerprint density at radius 1 is 1.29 bits per heavy atom. The van der Waals surface area contributed by atoms with E-state index in [1.165, 1.54) is 6.92 Å². The summed E-state index contributed by atoms with van der Waals surface area (Å²) >= 11 is 2.60. The Morgan fingerprint density at radius 2 is 1.88 bits per heavy atom. The standard InChI is InChI=1S/C10H6BrF3O3/c1-2-17-10(16)9(15)6-7(13)4(11)3-5(12)8(6)14/h3H,2H2,1H3. The van der Waals surface area contributed by atoms with Crippen LogP contribution in [0.25, 0.3) is 0 Å². The summed E-state index contributed by atoms with van der Waals surface area (Å²) < 4.78 is 43.4. The lowest BCUT2D eigenvalue weighted by Crippen LogP contribution is -2.21. The molecule has 0 radical (unpaired) electrons. The van der Waals surface area contributed by atoms with Crippen molar-refractivity contribution in [1.82, 2.24) is 0 Å². The maximum atomic E-state index is 13.4. The van der Waals surface area contributed by atoms with Crippen LogP contribution in [0.5, 0.6) is 0 Å². The number of ketones is 1. The molecule has 0 bridgehead atoms. The van der Waals surface area contributed by atoms with Gasteiger partial charge in [-0.15, -0.1) is 0 Å². The molecule has 7 heteroatoms. The van der Waals surface area contributed by atoms with Crippen LogP contribution >= 0.6 is 15.9 Å². The second-order valence-electron chi connectivity index (χ2n) is 2.89. The SMILES string of the molecule is CCOC(=O)C(=O)c1c(F)c(F)cc(Br)c1F. The molecule has 1 rings (SSSR count). The molecule has 0 amide bonds. The third kappa shape index (κ3) is 2.66. The molecule has 3 nitrogen and oxygen atoms in total. The maximum Gasteiger partial charge on any atom is 0.379 e. The molecule has 0 aliphatic heterocycles. The van der Waals surface area contributed by atoms with Crippen molar-refractivity contribution in [2.24, 2.45) is 0 Å². The third-order valence-corrected chi connectivity index (χ3v) is 2.38. The van der Waals surface area contributed by atoms with Gasteiger partial charge in [-0.2, -0.15) is 0 Å². The lowest BCUT2D eigenvalue weighted by molar-refractivity contribution is -0.137. The second kappa shape index (κ2) is 5.31. The van der Waals surface area contributed by atoms with Crippen molar-refractivity contribution in [3.05, 3.63) is 33.6 Å². The van der Waals surface area contributed by atoms with Crippen LogP contribution in [-0.2, 0) is 9.53 Å². The molecule has 1 aromatic carbocycles. The van der Waals surface area contributed by atoms with Gasteiger partial charge in [0.1, 0.15) is 5.56 Å². The molecule has 0 N–H and O–H groups in total. The molecule has 0 saturated heterocycles. The van der Waals surface area contributed by atoms with Crippen molar-refractivity contribution in [2.45, 2.75) is 6.92 Å². The molecule has 0 spiro atoms. The number of hydrogen-bond acceptors (Lipinski definition) is 3. The number of carbonyl (C=O) groups excluding carboxylic acids is 2. The Labute approximate surface area is 103 Å². The zero-order chi connectivity index (χ0) is 13.2. The van der Waals surface area contributed by atoms with Gasteiger partial charge in [-0.25, -0.2) is 18.0 Å². The van der Waals surface area contributed by atoms with E-state index in [0.717, 1.165) is 0 Å². The van der Waals surface area contributed by atoms with Gasteiger partial charge in [0.05, 0.1) is 11.1 Å². The number of hydrogen-bond donors (Lipinski definition) is 0. The smallest absolute Gasteiger partial charge is 0.379 e. The van der Waals surface area contributed by atoms with E-state index in [-0.39, 0.29) is 6.61 Å². The van der Waals surface area contributed by atoms with E-state index in [2.05, 4.69) is 20.7 Å². The summed E-state index contributed by atoms with van der Waals surface area (Å²) in [5.74, 6) is -7.51. The first kappa shape index (κ1) is 13.7. The van der Waals surface area contributed by atoms with Gasteiger partial charge in [-0.1, -0.05) is 0 Å². The molecule has 17 heavy (non-hydrogen) atoms. The van der Waals surface area contributed by atoms with Crippen LogP contribution in [0.1, 0.15) is 17.3 Å². The number of Topliss-reactive ketones (excluding diaryl/α,β-unsaturated/α-hetero) is 1. The topological polar surface area (TPSA) is 43.4 Å². The van der Waals surface area contributed by atoms with Crippen molar-refractivity contribution in [1.29, 1.82) is 0 Å². The molecule has 0 atom stereocenters. The Kier molecular flexibility index (Phi) is 4.28. The predicted molar refractivity (Wildman–Crippen MR) is 55.0 cm³/mol. The van der Waals surface area contributed by atoms with Crippen LogP contribution in [0.15, 0.2) is 10.5 Å². The summed E-state index contributed by atoms with van der Waals surface area (Å²) in [5.41, 5.74) is -1.27. The van der Waals surface area contributed by atoms with E-state index in [4.69, 9.17) is 0 Å². The van der Waals surface area contributed by atoms with Crippen molar-refractivity contribution < 1.29 is 27.5 Å². The highest BCUT2D eigenvalue weighted by molar-refractivity contribution is 9.10.